The normalized spacial score (nSPS) is 26.2. The van der Waals surface area contributed by atoms with E-state index in [4.69, 9.17) is 4.74 Å². The highest BCUT2D eigenvalue weighted by Crippen LogP contribution is 2.34. The average Bonchev–Trinajstić information content (AvgIpc) is 2.88. The van der Waals surface area contributed by atoms with E-state index in [1.54, 1.807) is 19.4 Å². The molecule has 2 aromatic rings. The first-order chi connectivity index (χ1) is 8.66. The predicted molar refractivity (Wildman–Crippen MR) is 62.5 cm³/mol. The van der Waals surface area contributed by atoms with E-state index in [0.717, 1.165) is 5.52 Å². The van der Waals surface area contributed by atoms with Crippen LogP contribution in [-0.2, 0) is 15.2 Å². The van der Waals surface area contributed by atoms with Crippen LogP contribution in [0.2, 0.25) is 0 Å². The summed E-state index contributed by atoms with van der Waals surface area (Å²) in [5, 5.41) is 3.12. The molecule has 1 saturated heterocycles. The van der Waals surface area contributed by atoms with Crippen molar-refractivity contribution in [3.8, 4) is 0 Å². The number of carbonyl (C=O) groups excluding carboxylic acids is 1. The third-order valence-electron chi connectivity index (χ3n) is 3.17. The maximum atomic E-state index is 11.7. The van der Waals surface area contributed by atoms with Crippen LogP contribution in [0, 0.1) is 0 Å². The van der Waals surface area contributed by atoms with E-state index in [1.807, 2.05) is 11.5 Å². The van der Waals surface area contributed by atoms with E-state index in [-0.39, 0.29) is 12.0 Å². The number of fused-ring (bicyclic) bond motifs is 1. The maximum absolute atomic E-state index is 11.7. The van der Waals surface area contributed by atoms with Gasteiger partial charge in [-0.2, -0.15) is 0 Å². The van der Waals surface area contributed by atoms with Gasteiger partial charge in [-0.05, 0) is 13.8 Å². The van der Waals surface area contributed by atoms with Crippen LogP contribution in [0.1, 0.15) is 13.8 Å². The van der Waals surface area contributed by atoms with E-state index < -0.39 is 5.66 Å². The van der Waals surface area contributed by atoms with Gasteiger partial charge in [0.25, 0.3) is 0 Å². The van der Waals surface area contributed by atoms with E-state index in [0.29, 0.717) is 12.3 Å². The zero-order valence-electron chi connectivity index (χ0n) is 10.1. The van der Waals surface area contributed by atoms with E-state index in [2.05, 4.69) is 20.3 Å². The van der Waals surface area contributed by atoms with Crippen LogP contribution in [0.4, 0.5) is 0 Å². The van der Waals surface area contributed by atoms with Crippen molar-refractivity contribution in [1.82, 2.24) is 24.8 Å². The minimum absolute atomic E-state index is 0.251. The Bertz CT molecular complexity index is 610. The Balaban J connectivity index is 1.94. The lowest BCUT2D eigenvalue weighted by atomic mass is 10.2. The van der Waals surface area contributed by atoms with Crippen molar-refractivity contribution in [2.75, 3.05) is 6.61 Å². The van der Waals surface area contributed by atoms with E-state index in [1.165, 1.54) is 6.33 Å². The summed E-state index contributed by atoms with van der Waals surface area (Å²) < 4.78 is 6.87. The van der Waals surface area contributed by atoms with Gasteiger partial charge in [-0.15, -0.1) is 0 Å². The summed E-state index contributed by atoms with van der Waals surface area (Å²) in [5.74, 6) is -0.251. The van der Waals surface area contributed by atoms with Crippen LogP contribution in [-0.4, -0.2) is 38.1 Å². The van der Waals surface area contributed by atoms with Crippen molar-refractivity contribution in [2.24, 2.45) is 0 Å². The van der Waals surface area contributed by atoms with Crippen molar-refractivity contribution in [3.63, 3.8) is 0 Å². The molecule has 1 N–H and O–H groups in total. The molecule has 7 heteroatoms. The smallest absolute Gasteiger partial charge is 0.327 e. The van der Waals surface area contributed by atoms with Crippen molar-refractivity contribution in [2.45, 2.75) is 25.6 Å². The lowest BCUT2D eigenvalue weighted by Gasteiger charge is -2.11. The van der Waals surface area contributed by atoms with Crippen molar-refractivity contribution in [3.05, 3.63) is 18.9 Å². The van der Waals surface area contributed by atoms with Gasteiger partial charge in [-0.25, -0.2) is 15.0 Å². The third kappa shape index (κ3) is 1.47. The molecule has 18 heavy (non-hydrogen) atoms. The Hall–Kier alpha value is -2.02. The van der Waals surface area contributed by atoms with Crippen LogP contribution >= 0.6 is 0 Å². The first-order valence-electron chi connectivity index (χ1n) is 5.74. The van der Waals surface area contributed by atoms with Gasteiger partial charge < -0.3 is 9.30 Å². The molecule has 0 spiro atoms. The quantitative estimate of drug-likeness (QED) is 0.608. The molecule has 3 rings (SSSR count). The van der Waals surface area contributed by atoms with Crippen molar-refractivity contribution in [1.29, 1.82) is 0 Å². The first kappa shape index (κ1) is 11.1. The molecule has 0 amide bonds. The standard InChI is InChI=1S/C11H13N5O2/c1-3-18-10(17)8-11(2,15-8)16-6-14-9-7(16)4-12-5-13-9/h4-6,8,15H,3H2,1-2H3/t8-,11-/m1/s1. The van der Waals surface area contributed by atoms with Crippen LogP contribution in [0.5, 0.6) is 0 Å². The van der Waals surface area contributed by atoms with Gasteiger partial charge in [-0.1, -0.05) is 0 Å². The Kier molecular flexibility index (Phi) is 2.30. The summed E-state index contributed by atoms with van der Waals surface area (Å²) in [7, 11) is 0. The largest absolute Gasteiger partial charge is 0.465 e. The number of nitrogens with zero attached hydrogens (tertiary/aromatic N) is 4. The van der Waals surface area contributed by atoms with Crippen LogP contribution in [0.3, 0.4) is 0 Å². The molecule has 0 radical (unpaired) electrons. The molecule has 3 heterocycles. The number of hydrogen-bond donors (Lipinski definition) is 1. The van der Waals surface area contributed by atoms with Crippen LogP contribution in [0.25, 0.3) is 11.2 Å². The van der Waals surface area contributed by atoms with Gasteiger partial charge in [-0.3, -0.25) is 10.1 Å². The molecule has 1 aliphatic heterocycles. The number of nitrogens with one attached hydrogen (secondary N) is 1. The topological polar surface area (TPSA) is 91.8 Å². The predicted octanol–water partition coefficient (Wildman–Crippen LogP) is 0.0339. The fourth-order valence-electron chi connectivity index (χ4n) is 2.10. The second-order valence-electron chi connectivity index (χ2n) is 4.32. The zero-order valence-corrected chi connectivity index (χ0v) is 10.1. The number of aromatic nitrogens is 4. The molecule has 1 fully saturated rings. The number of esters is 1. The second kappa shape index (κ2) is 3.74. The van der Waals surface area contributed by atoms with Gasteiger partial charge in [0.2, 0.25) is 0 Å². The summed E-state index contributed by atoms with van der Waals surface area (Å²) in [5.41, 5.74) is 0.896. The van der Waals surface area contributed by atoms with Crippen LogP contribution in [0.15, 0.2) is 18.9 Å². The highest BCUT2D eigenvalue weighted by atomic mass is 16.5. The Morgan fingerprint density at radius 1 is 1.61 bits per heavy atom. The van der Waals surface area contributed by atoms with Gasteiger partial charge in [0.1, 0.15) is 23.5 Å². The fraction of sp³-hybridized carbons (Fsp3) is 0.455. The SMILES string of the molecule is CCOC(=O)[C@H]1N[C@]1(C)n1cnc2ncncc21. The number of ether oxygens (including phenoxy) is 1. The lowest BCUT2D eigenvalue weighted by Crippen LogP contribution is -2.23. The summed E-state index contributed by atoms with van der Waals surface area (Å²) in [6, 6.07) is -0.352. The molecule has 0 aliphatic carbocycles. The molecule has 2 aromatic heterocycles. The highest BCUT2D eigenvalue weighted by molar-refractivity contribution is 5.82. The van der Waals surface area contributed by atoms with Crippen molar-refractivity contribution >= 4 is 17.1 Å². The van der Waals surface area contributed by atoms with Gasteiger partial charge in [0.15, 0.2) is 5.65 Å². The molecule has 0 unspecified atom stereocenters. The van der Waals surface area contributed by atoms with Crippen molar-refractivity contribution < 1.29 is 9.53 Å². The molecular formula is C11H13N5O2. The van der Waals surface area contributed by atoms with E-state index in [9.17, 15) is 4.79 Å². The summed E-state index contributed by atoms with van der Waals surface area (Å²) in [6.45, 7) is 4.08. The summed E-state index contributed by atoms with van der Waals surface area (Å²) >= 11 is 0. The molecule has 2 atom stereocenters. The second-order valence-corrected chi connectivity index (χ2v) is 4.32. The highest BCUT2D eigenvalue weighted by Gasteiger charge is 2.57. The molecule has 94 valence electrons. The maximum Gasteiger partial charge on any atom is 0.327 e. The molecule has 7 nitrogen and oxygen atoms in total. The minimum Gasteiger partial charge on any atom is -0.465 e. The zero-order chi connectivity index (χ0) is 12.8. The number of carbonyl (C=O) groups is 1. The summed E-state index contributed by atoms with van der Waals surface area (Å²) in [4.78, 5) is 23.9. The molecule has 1 aliphatic rings. The number of rotatable bonds is 3. The van der Waals surface area contributed by atoms with Gasteiger partial charge >= 0.3 is 5.97 Å². The monoisotopic (exact) mass is 247 g/mol. The van der Waals surface area contributed by atoms with Gasteiger partial charge in [0, 0.05) is 0 Å². The van der Waals surface area contributed by atoms with E-state index >= 15 is 0 Å². The fourth-order valence-corrected chi connectivity index (χ4v) is 2.10. The average molecular weight is 247 g/mol. The number of hydrogen-bond acceptors (Lipinski definition) is 6. The Morgan fingerprint density at radius 3 is 3.22 bits per heavy atom. The van der Waals surface area contributed by atoms with Gasteiger partial charge in [0.05, 0.1) is 19.1 Å². The molecular weight excluding hydrogens is 234 g/mol. The molecule has 0 saturated carbocycles. The van der Waals surface area contributed by atoms with Crippen LogP contribution < -0.4 is 5.32 Å². The molecule has 0 bridgehead atoms. The molecule has 0 aromatic carbocycles. The summed E-state index contributed by atoms with van der Waals surface area (Å²) in [6.07, 6.45) is 4.79. The lowest BCUT2D eigenvalue weighted by molar-refractivity contribution is -0.143. The Labute approximate surface area is 103 Å². The number of imidazole rings is 1. The first-order valence-corrected chi connectivity index (χ1v) is 5.74. The Morgan fingerprint density at radius 2 is 2.44 bits per heavy atom. The minimum atomic E-state index is -0.508. The third-order valence-corrected chi connectivity index (χ3v) is 3.17.